The SMILES string of the molecule is CC/C=C\C/C=C\C/C=C\C/C=C\C/C=C\CC(=O)OC(COC(=O)CCCCCCCCCCC)COC(=O)CCCCCCCCCCCCCC/C=C\C/C=C\C/C=C\CCCCCCC. The molecule has 0 spiro atoms. The highest BCUT2D eigenvalue weighted by Gasteiger charge is 2.19. The van der Waals surface area contributed by atoms with Gasteiger partial charge in [-0.2, -0.15) is 0 Å². The number of hydrogen-bond acceptors (Lipinski definition) is 6. The Morgan fingerprint density at radius 2 is 0.609 bits per heavy atom. The van der Waals surface area contributed by atoms with Gasteiger partial charge in [0.2, 0.25) is 0 Å². The molecule has 0 aromatic carbocycles. The normalized spacial score (nSPS) is 12.8. The zero-order chi connectivity index (χ0) is 50.0. The molecule has 0 aromatic heterocycles. The van der Waals surface area contributed by atoms with Crippen molar-refractivity contribution in [3.8, 4) is 0 Å². The molecule has 0 radical (unpaired) electrons. The lowest BCUT2D eigenvalue weighted by atomic mass is 10.0. The molecule has 0 saturated heterocycles. The van der Waals surface area contributed by atoms with Gasteiger partial charge in [0.15, 0.2) is 6.10 Å². The van der Waals surface area contributed by atoms with Crippen LogP contribution in [0.3, 0.4) is 0 Å². The van der Waals surface area contributed by atoms with Gasteiger partial charge in [-0.3, -0.25) is 14.4 Å². The molecule has 0 amide bonds. The maximum absolute atomic E-state index is 12.7. The van der Waals surface area contributed by atoms with E-state index in [4.69, 9.17) is 14.2 Å². The Morgan fingerprint density at radius 3 is 0.957 bits per heavy atom. The van der Waals surface area contributed by atoms with Gasteiger partial charge in [0, 0.05) is 12.8 Å². The molecule has 1 atom stereocenters. The summed E-state index contributed by atoms with van der Waals surface area (Å²) in [5.74, 6) is -1.05. The van der Waals surface area contributed by atoms with Gasteiger partial charge in [-0.25, -0.2) is 0 Å². The van der Waals surface area contributed by atoms with Crippen molar-refractivity contribution in [2.75, 3.05) is 13.2 Å². The smallest absolute Gasteiger partial charge is 0.310 e. The second-order valence-corrected chi connectivity index (χ2v) is 18.8. The van der Waals surface area contributed by atoms with E-state index in [1.165, 1.54) is 141 Å². The molecular weight excluding hydrogens is 853 g/mol. The second-order valence-electron chi connectivity index (χ2n) is 18.8. The molecule has 6 nitrogen and oxygen atoms in total. The summed E-state index contributed by atoms with van der Waals surface area (Å²) in [5, 5.41) is 0. The van der Waals surface area contributed by atoms with Crippen molar-refractivity contribution in [2.45, 2.75) is 271 Å². The second kappa shape index (κ2) is 56.9. The molecule has 69 heavy (non-hydrogen) atoms. The van der Waals surface area contributed by atoms with Gasteiger partial charge >= 0.3 is 17.9 Å². The third-order valence-corrected chi connectivity index (χ3v) is 12.1. The van der Waals surface area contributed by atoms with Crippen molar-refractivity contribution in [3.63, 3.8) is 0 Å². The fourth-order valence-electron chi connectivity index (χ4n) is 7.82. The molecule has 0 aliphatic heterocycles. The van der Waals surface area contributed by atoms with Crippen molar-refractivity contribution < 1.29 is 28.6 Å². The predicted molar refractivity (Wildman–Crippen MR) is 297 cm³/mol. The van der Waals surface area contributed by atoms with Crippen LogP contribution in [0.15, 0.2) is 97.2 Å². The maximum Gasteiger partial charge on any atom is 0.310 e. The van der Waals surface area contributed by atoms with E-state index in [0.717, 1.165) is 83.5 Å². The highest BCUT2D eigenvalue weighted by molar-refractivity contribution is 5.72. The first-order valence-electron chi connectivity index (χ1n) is 28.7. The van der Waals surface area contributed by atoms with E-state index >= 15 is 0 Å². The van der Waals surface area contributed by atoms with E-state index in [9.17, 15) is 14.4 Å². The molecule has 394 valence electrons. The molecule has 0 bridgehead atoms. The molecule has 0 aromatic rings. The van der Waals surface area contributed by atoms with E-state index in [0.29, 0.717) is 12.8 Å². The fourth-order valence-corrected chi connectivity index (χ4v) is 7.82. The third kappa shape index (κ3) is 55.1. The largest absolute Gasteiger partial charge is 0.462 e. The van der Waals surface area contributed by atoms with E-state index < -0.39 is 12.1 Å². The Kier molecular flexibility index (Phi) is 53.9. The zero-order valence-electron chi connectivity index (χ0n) is 45.0. The van der Waals surface area contributed by atoms with Crippen molar-refractivity contribution >= 4 is 17.9 Å². The van der Waals surface area contributed by atoms with Gasteiger partial charge in [-0.05, 0) is 83.5 Å². The van der Waals surface area contributed by atoms with Gasteiger partial charge in [0.05, 0.1) is 6.42 Å². The number of allylic oxidation sites excluding steroid dienone is 15. The first-order chi connectivity index (χ1) is 34.0. The molecule has 0 aliphatic carbocycles. The fraction of sp³-hybridized carbons (Fsp3) is 0.698. The van der Waals surface area contributed by atoms with E-state index in [2.05, 4.69) is 106 Å². The molecule has 0 rings (SSSR count). The van der Waals surface area contributed by atoms with E-state index in [-0.39, 0.29) is 31.6 Å². The zero-order valence-corrected chi connectivity index (χ0v) is 45.0. The lowest BCUT2D eigenvalue weighted by molar-refractivity contribution is -0.166. The molecular formula is C63H106O6. The number of carbonyl (C=O) groups excluding carboxylic acids is 3. The summed E-state index contributed by atoms with van der Waals surface area (Å²) in [5.41, 5.74) is 0. The van der Waals surface area contributed by atoms with Crippen LogP contribution in [0.4, 0.5) is 0 Å². The van der Waals surface area contributed by atoms with Crippen LogP contribution in [0.25, 0.3) is 0 Å². The number of esters is 3. The van der Waals surface area contributed by atoms with Gasteiger partial charge < -0.3 is 14.2 Å². The van der Waals surface area contributed by atoms with Crippen molar-refractivity contribution in [1.82, 2.24) is 0 Å². The summed E-state index contributed by atoms with van der Waals surface area (Å²) in [7, 11) is 0. The van der Waals surface area contributed by atoms with Gasteiger partial charge in [-0.15, -0.1) is 0 Å². The number of rotatable bonds is 51. The average molecular weight is 960 g/mol. The van der Waals surface area contributed by atoms with Crippen LogP contribution in [0.1, 0.15) is 265 Å². The Hall–Kier alpha value is -3.67. The van der Waals surface area contributed by atoms with Gasteiger partial charge in [0.1, 0.15) is 13.2 Å². The molecule has 0 N–H and O–H groups in total. The molecule has 0 fully saturated rings. The maximum atomic E-state index is 12.7. The quantitative estimate of drug-likeness (QED) is 0.0262. The number of hydrogen-bond donors (Lipinski definition) is 0. The van der Waals surface area contributed by atoms with Crippen LogP contribution >= 0.6 is 0 Å². The van der Waals surface area contributed by atoms with Crippen LogP contribution in [0.5, 0.6) is 0 Å². The number of carbonyl (C=O) groups is 3. The lowest BCUT2D eigenvalue weighted by Crippen LogP contribution is -2.30. The summed E-state index contributed by atoms with van der Waals surface area (Å²) >= 11 is 0. The Balaban J connectivity index is 4.27. The van der Waals surface area contributed by atoms with Gasteiger partial charge in [0.25, 0.3) is 0 Å². The standard InChI is InChI=1S/C63H106O6/c1-4-7-10-13-16-19-21-23-25-26-27-28-29-30-31-32-33-34-35-36-38-39-41-44-47-50-53-56-62(65)68-59-60(58-67-61(64)55-52-49-46-43-18-15-12-9-6-3)69-63(66)57-54-51-48-45-42-40-37-24-22-20-17-14-11-8-5-2/h8,11,17,20-21,23-24,26-27,29-30,37,42,45,51,54,60H,4-7,9-10,12-16,18-19,22,25,28,31-36,38-41,43-44,46-50,52-53,55-59H2,1-3H3/b11-8-,20-17-,23-21-,27-26-,30-29-,37-24-,45-42-,54-51-. The molecule has 0 heterocycles. The van der Waals surface area contributed by atoms with E-state index in [1.54, 1.807) is 6.08 Å². The van der Waals surface area contributed by atoms with Crippen LogP contribution in [-0.2, 0) is 28.6 Å². The minimum atomic E-state index is -0.830. The molecule has 1 unspecified atom stereocenters. The van der Waals surface area contributed by atoms with Crippen molar-refractivity contribution in [3.05, 3.63) is 97.2 Å². The highest BCUT2D eigenvalue weighted by atomic mass is 16.6. The van der Waals surface area contributed by atoms with Gasteiger partial charge in [-0.1, -0.05) is 259 Å². The summed E-state index contributed by atoms with van der Waals surface area (Å²) < 4.78 is 16.7. The highest BCUT2D eigenvalue weighted by Crippen LogP contribution is 2.15. The van der Waals surface area contributed by atoms with Crippen LogP contribution < -0.4 is 0 Å². The number of ether oxygens (including phenoxy) is 3. The Morgan fingerprint density at radius 1 is 0.319 bits per heavy atom. The predicted octanol–water partition coefficient (Wildman–Crippen LogP) is 19.3. The first kappa shape index (κ1) is 65.3. The number of unbranched alkanes of at least 4 members (excludes halogenated alkanes) is 25. The average Bonchev–Trinajstić information content (AvgIpc) is 3.35. The molecule has 0 aliphatic rings. The minimum Gasteiger partial charge on any atom is -0.462 e. The summed E-state index contributed by atoms with van der Waals surface area (Å²) in [6.45, 7) is 6.41. The summed E-state index contributed by atoms with van der Waals surface area (Å²) in [6, 6.07) is 0. The van der Waals surface area contributed by atoms with Crippen LogP contribution in [-0.4, -0.2) is 37.2 Å². The minimum absolute atomic E-state index is 0.0964. The first-order valence-corrected chi connectivity index (χ1v) is 28.7. The molecule has 0 saturated carbocycles. The summed E-state index contributed by atoms with van der Waals surface area (Å²) in [4.78, 5) is 37.9. The third-order valence-electron chi connectivity index (χ3n) is 12.1. The molecule has 6 heteroatoms. The van der Waals surface area contributed by atoms with Crippen molar-refractivity contribution in [1.29, 1.82) is 0 Å². The van der Waals surface area contributed by atoms with E-state index in [1.807, 2.05) is 6.08 Å². The topological polar surface area (TPSA) is 78.9 Å². The summed E-state index contributed by atoms with van der Waals surface area (Å²) in [6.07, 6.45) is 75.9. The van der Waals surface area contributed by atoms with Crippen LogP contribution in [0, 0.1) is 0 Å². The monoisotopic (exact) mass is 959 g/mol. The van der Waals surface area contributed by atoms with Crippen molar-refractivity contribution in [2.24, 2.45) is 0 Å². The Labute approximate surface area is 426 Å². The lowest BCUT2D eigenvalue weighted by Gasteiger charge is -2.18. The van der Waals surface area contributed by atoms with Crippen LogP contribution in [0.2, 0.25) is 0 Å². The Bertz CT molecular complexity index is 1380.